The van der Waals surface area contributed by atoms with Gasteiger partial charge in [0.1, 0.15) is 11.5 Å². The van der Waals surface area contributed by atoms with Gasteiger partial charge in [-0.1, -0.05) is 41.6 Å². The molecule has 2 aromatic rings. The Morgan fingerprint density at radius 1 is 1.16 bits per heavy atom. The summed E-state index contributed by atoms with van der Waals surface area (Å²) in [5.74, 6) is 0.827. The van der Waals surface area contributed by atoms with Crippen molar-refractivity contribution >= 4 is 50.0 Å². The first-order valence-electron chi connectivity index (χ1n) is 9.54. The van der Waals surface area contributed by atoms with Gasteiger partial charge in [0.25, 0.3) is 5.91 Å². The van der Waals surface area contributed by atoms with Gasteiger partial charge < -0.3 is 14.4 Å². The number of sulfone groups is 1. The molecule has 4 rings (SSSR count). The second kappa shape index (κ2) is 8.72. The van der Waals surface area contributed by atoms with E-state index >= 15 is 0 Å². The summed E-state index contributed by atoms with van der Waals surface area (Å²) in [6.07, 6.45) is 0.0717. The Morgan fingerprint density at radius 2 is 1.90 bits per heavy atom. The highest BCUT2D eigenvalue weighted by Gasteiger charge is 2.50. The quantitative estimate of drug-likeness (QED) is 0.649. The number of carbonyl (C=O) groups is 1. The van der Waals surface area contributed by atoms with Gasteiger partial charge in [0.05, 0.1) is 43.9 Å². The number of anilines is 1. The van der Waals surface area contributed by atoms with E-state index in [1.54, 1.807) is 36.3 Å². The molecule has 2 aliphatic rings. The second-order valence-corrected chi connectivity index (χ2v) is 11.1. The van der Waals surface area contributed by atoms with Crippen LogP contribution in [0.4, 0.5) is 5.69 Å². The first kappa shape index (κ1) is 22.0. The highest BCUT2D eigenvalue weighted by molar-refractivity contribution is 8.16. The monoisotopic (exact) mass is 480 g/mol. The third kappa shape index (κ3) is 4.53. The first-order valence-corrected chi connectivity index (χ1v) is 12.6. The number of amidine groups is 1. The molecule has 164 valence electrons. The van der Waals surface area contributed by atoms with Crippen LogP contribution in [0.3, 0.4) is 0 Å². The SMILES string of the molecule is COc1ccccc1CC(=O)N=C1SC2CS(=O)(=O)CC2N1c1cc(Cl)ccc1OC. The van der Waals surface area contributed by atoms with Crippen LogP contribution in [0.15, 0.2) is 47.5 Å². The largest absolute Gasteiger partial charge is 0.496 e. The lowest BCUT2D eigenvalue weighted by molar-refractivity contribution is -0.117. The van der Waals surface area contributed by atoms with E-state index in [1.165, 1.54) is 18.9 Å². The van der Waals surface area contributed by atoms with Gasteiger partial charge >= 0.3 is 0 Å². The molecule has 0 aromatic heterocycles. The van der Waals surface area contributed by atoms with Crippen molar-refractivity contribution in [3.05, 3.63) is 53.1 Å². The Morgan fingerprint density at radius 3 is 2.65 bits per heavy atom. The maximum Gasteiger partial charge on any atom is 0.252 e. The van der Waals surface area contributed by atoms with Crippen LogP contribution in [0.1, 0.15) is 5.56 Å². The number of para-hydroxylation sites is 1. The molecule has 0 spiro atoms. The van der Waals surface area contributed by atoms with Crippen LogP contribution < -0.4 is 14.4 Å². The van der Waals surface area contributed by atoms with Gasteiger partial charge in [-0.3, -0.25) is 4.79 Å². The highest BCUT2D eigenvalue weighted by Crippen LogP contribution is 2.44. The lowest BCUT2D eigenvalue weighted by Gasteiger charge is -2.26. The number of nitrogens with zero attached hydrogens (tertiary/aromatic N) is 2. The Hall–Kier alpha value is -2.23. The number of rotatable bonds is 5. The molecule has 0 radical (unpaired) electrons. The second-order valence-electron chi connectivity index (χ2n) is 7.26. The van der Waals surface area contributed by atoms with Gasteiger partial charge in [0.2, 0.25) is 0 Å². The zero-order chi connectivity index (χ0) is 22.2. The maximum absolute atomic E-state index is 12.8. The van der Waals surface area contributed by atoms with Crippen molar-refractivity contribution in [3.63, 3.8) is 0 Å². The van der Waals surface area contributed by atoms with Gasteiger partial charge in [0.15, 0.2) is 15.0 Å². The van der Waals surface area contributed by atoms with Gasteiger partial charge in [-0.05, 0) is 24.3 Å². The van der Waals surface area contributed by atoms with Crippen molar-refractivity contribution in [2.24, 2.45) is 4.99 Å². The average Bonchev–Trinajstić information content (AvgIpc) is 3.18. The molecule has 2 unspecified atom stereocenters. The van der Waals surface area contributed by atoms with E-state index in [-0.39, 0.29) is 35.1 Å². The third-order valence-electron chi connectivity index (χ3n) is 5.22. The fraction of sp³-hybridized carbons (Fsp3) is 0.333. The lowest BCUT2D eigenvalue weighted by atomic mass is 10.1. The van der Waals surface area contributed by atoms with E-state index in [2.05, 4.69) is 4.99 Å². The summed E-state index contributed by atoms with van der Waals surface area (Å²) in [5, 5.41) is 0.710. The highest BCUT2D eigenvalue weighted by atomic mass is 35.5. The zero-order valence-electron chi connectivity index (χ0n) is 16.9. The van der Waals surface area contributed by atoms with E-state index in [9.17, 15) is 13.2 Å². The van der Waals surface area contributed by atoms with Crippen molar-refractivity contribution in [3.8, 4) is 11.5 Å². The van der Waals surface area contributed by atoms with Gasteiger partial charge in [-0.15, -0.1) is 0 Å². The molecule has 0 aliphatic carbocycles. The molecule has 31 heavy (non-hydrogen) atoms. The number of aliphatic imine (C=N–C) groups is 1. The molecule has 2 heterocycles. The Balaban J connectivity index is 1.71. The number of amides is 1. The summed E-state index contributed by atoms with van der Waals surface area (Å²) in [6.45, 7) is 0. The summed E-state index contributed by atoms with van der Waals surface area (Å²) in [4.78, 5) is 19.0. The van der Waals surface area contributed by atoms with Crippen molar-refractivity contribution in [2.75, 3.05) is 30.6 Å². The molecule has 0 N–H and O–H groups in total. The van der Waals surface area contributed by atoms with E-state index in [4.69, 9.17) is 21.1 Å². The molecule has 1 amide bonds. The predicted octanol–water partition coefficient (Wildman–Crippen LogP) is 3.20. The van der Waals surface area contributed by atoms with Gasteiger partial charge in [-0.2, -0.15) is 4.99 Å². The summed E-state index contributed by atoms with van der Waals surface area (Å²) in [7, 11) is -0.0957. The fourth-order valence-corrected chi connectivity index (χ4v) is 7.95. The normalized spacial score (nSPS) is 23.1. The van der Waals surface area contributed by atoms with Crippen molar-refractivity contribution < 1.29 is 22.7 Å². The molecule has 7 nitrogen and oxygen atoms in total. The summed E-state index contributed by atoms with van der Waals surface area (Å²) in [6, 6.07) is 12.0. The smallest absolute Gasteiger partial charge is 0.252 e. The number of methoxy groups -OCH3 is 2. The van der Waals surface area contributed by atoms with Crippen molar-refractivity contribution in [2.45, 2.75) is 17.7 Å². The van der Waals surface area contributed by atoms with E-state index < -0.39 is 9.84 Å². The molecule has 2 atom stereocenters. The van der Waals surface area contributed by atoms with Crippen LogP contribution in [0.2, 0.25) is 5.02 Å². The number of ether oxygens (including phenoxy) is 2. The summed E-state index contributed by atoms with van der Waals surface area (Å²) >= 11 is 7.52. The first-order chi connectivity index (χ1) is 14.8. The van der Waals surface area contributed by atoms with E-state index in [1.807, 2.05) is 18.2 Å². The summed E-state index contributed by atoms with van der Waals surface area (Å²) < 4.78 is 35.3. The van der Waals surface area contributed by atoms with Crippen LogP contribution in [0.5, 0.6) is 11.5 Å². The number of carbonyl (C=O) groups excluding carboxylic acids is 1. The molecule has 10 heteroatoms. The Kier molecular flexibility index (Phi) is 6.18. The Bertz CT molecular complexity index is 1150. The molecule has 2 saturated heterocycles. The topological polar surface area (TPSA) is 85.3 Å². The third-order valence-corrected chi connectivity index (χ3v) is 8.67. The molecule has 0 saturated carbocycles. The number of hydrogen-bond acceptors (Lipinski definition) is 6. The lowest BCUT2D eigenvalue weighted by Crippen LogP contribution is -2.38. The molecular weight excluding hydrogens is 460 g/mol. The number of hydrogen-bond donors (Lipinski definition) is 0. The number of halogens is 1. The number of benzene rings is 2. The summed E-state index contributed by atoms with van der Waals surface area (Å²) in [5.41, 5.74) is 1.33. The van der Waals surface area contributed by atoms with E-state index in [0.717, 1.165) is 5.56 Å². The van der Waals surface area contributed by atoms with Crippen LogP contribution in [-0.4, -0.2) is 56.5 Å². The Labute approximate surface area is 190 Å². The van der Waals surface area contributed by atoms with Crippen LogP contribution >= 0.6 is 23.4 Å². The van der Waals surface area contributed by atoms with Crippen LogP contribution in [0.25, 0.3) is 0 Å². The maximum atomic E-state index is 12.8. The average molecular weight is 481 g/mol. The molecule has 2 aromatic carbocycles. The number of fused-ring (bicyclic) bond motifs is 1. The molecule has 0 bridgehead atoms. The van der Waals surface area contributed by atoms with Crippen molar-refractivity contribution in [1.29, 1.82) is 0 Å². The standard InChI is InChI=1S/C21H21ClN2O5S2/c1-28-17-6-4-3-5-13(17)9-20(25)23-21-24(15-10-14(22)7-8-18(15)29-2)16-11-31(26,27)12-19(16)30-21/h3-8,10,16,19H,9,11-12H2,1-2H3. The molecule has 2 aliphatic heterocycles. The van der Waals surface area contributed by atoms with Gasteiger partial charge in [-0.25, -0.2) is 8.42 Å². The van der Waals surface area contributed by atoms with Crippen molar-refractivity contribution in [1.82, 2.24) is 0 Å². The minimum Gasteiger partial charge on any atom is -0.496 e. The van der Waals surface area contributed by atoms with E-state index in [0.29, 0.717) is 27.4 Å². The number of thioether (sulfide) groups is 1. The minimum absolute atomic E-state index is 0.0138. The fourth-order valence-electron chi connectivity index (χ4n) is 3.86. The van der Waals surface area contributed by atoms with Crippen LogP contribution in [0, 0.1) is 0 Å². The molecular formula is C21H21ClN2O5S2. The molecule has 2 fully saturated rings. The van der Waals surface area contributed by atoms with Crippen LogP contribution in [-0.2, 0) is 21.1 Å². The minimum atomic E-state index is -3.18. The zero-order valence-corrected chi connectivity index (χ0v) is 19.3. The predicted molar refractivity (Wildman–Crippen MR) is 123 cm³/mol. The van der Waals surface area contributed by atoms with Gasteiger partial charge in [0, 0.05) is 15.8 Å².